The Labute approximate surface area is 96.9 Å². The van der Waals surface area contributed by atoms with E-state index in [1.807, 2.05) is 0 Å². The molecule has 0 fully saturated rings. The highest BCUT2D eigenvalue weighted by Crippen LogP contribution is 2.31. The Balaban J connectivity index is 3.43. The molecule has 4 nitrogen and oxygen atoms in total. The van der Waals surface area contributed by atoms with Crippen molar-refractivity contribution < 1.29 is 21.6 Å². The van der Waals surface area contributed by atoms with Crippen molar-refractivity contribution in [2.75, 3.05) is 0 Å². The maximum absolute atomic E-state index is 12.3. The van der Waals surface area contributed by atoms with Crippen LogP contribution in [0.3, 0.4) is 0 Å². The zero-order valence-electron chi connectivity index (χ0n) is 6.92. The van der Waals surface area contributed by atoms with Crippen LogP contribution < -0.4 is 5.14 Å². The molecule has 0 unspecified atom stereocenters. The predicted molar refractivity (Wildman–Crippen MR) is 53.3 cm³/mol. The summed E-state index contributed by atoms with van der Waals surface area (Å²) >= 11 is 1.41. The van der Waals surface area contributed by atoms with E-state index in [4.69, 9.17) is 0 Å². The number of sulfonamides is 1. The lowest BCUT2D eigenvalue weighted by molar-refractivity contribution is -0.142. The zero-order valence-corrected chi connectivity index (χ0v) is 9.89. The average molecular weight is 352 g/mol. The van der Waals surface area contributed by atoms with Crippen molar-refractivity contribution in [3.8, 4) is 0 Å². The number of nitrogens with zero attached hydrogens (tertiary/aromatic N) is 1. The van der Waals surface area contributed by atoms with E-state index in [0.29, 0.717) is 0 Å². The monoisotopic (exact) mass is 352 g/mol. The minimum atomic E-state index is -4.70. The third-order valence-corrected chi connectivity index (χ3v) is 3.06. The van der Waals surface area contributed by atoms with E-state index < -0.39 is 26.9 Å². The molecule has 0 atom stereocenters. The van der Waals surface area contributed by atoms with Crippen molar-refractivity contribution in [1.29, 1.82) is 0 Å². The molecule has 0 spiro atoms. The number of aromatic nitrogens is 1. The first kappa shape index (κ1) is 12.6. The Morgan fingerprint density at radius 2 is 1.87 bits per heavy atom. The number of nitrogens with two attached hydrogens (primary N) is 1. The lowest BCUT2D eigenvalue weighted by atomic mass is 10.3. The lowest BCUT2D eigenvalue weighted by Crippen LogP contribution is -2.18. The molecule has 1 aromatic heterocycles. The summed E-state index contributed by atoms with van der Waals surface area (Å²) in [5, 5.41) is 3.86. The molecule has 0 saturated heterocycles. The zero-order chi connectivity index (χ0) is 11.9. The second-order valence-electron chi connectivity index (χ2n) is 2.52. The van der Waals surface area contributed by atoms with Crippen molar-refractivity contribution >= 4 is 32.6 Å². The van der Waals surface area contributed by atoms with Gasteiger partial charge in [0, 0.05) is 3.57 Å². The summed E-state index contributed by atoms with van der Waals surface area (Å²) < 4.78 is 58.3. The van der Waals surface area contributed by atoms with Crippen molar-refractivity contribution in [1.82, 2.24) is 4.98 Å². The van der Waals surface area contributed by atoms with Gasteiger partial charge in [-0.3, -0.25) is 0 Å². The molecule has 0 aliphatic carbocycles. The van der Waals surface area contributed by atoms with Gasteiger partial charge in [0.2, 0.25) is 0 Å². The molecule has 0 amide bonds. The summed E-state index contributed by atoms with van der Waals surface area (Å²) in [6.07, 6.45) is -4.70. The third kappa shape index (κ3) is 3.01. The van der Waals surface area contributed by atoms with Gasteiger partial charge in [-0.25, -0.2) is 18.5 Å². The molecule has 2 N–H and O–H groups in total. The molecule has 0 aromatic carbocycles. The van der Waals surface area contributed by atoms with Crippen molar-refractivity contribution in [3.05, 3.63) is 21.4 Å². The summed E-state index contributed by atoms with van der Waals surface area (Å²) in [6, 6.07) is 1.92. The van der Waals surface area contributed by atoms with E-state index >= 15 is 0 Å². The van der Waals surface area contributed by atoms with Gasteiger partial charge in [-0.15, -0.1) is 0 Å². The third-order valence-electron chi connectivity index (χ3n) is 1.38. The number of alkyl halides is 3. The quantitative estimate of drug-likeness (QED) is 0.776. The summed E-state index contributed by atoms with van der Waals surface area (Å²) in [4.78, 5) is 2.97. The minimum Gasteiger partial charge on any atom is -0.229 e. The summed E-state index contributed by atoms with van der Waals surface area (Å²) in [5.74, 6) is 0. The molecule has 9 heteroatoms. The molecule has 1 rings (SSSR count). The van der Waals surface area contributed by atoms with Crippen LogP contribution >= 0.6 is 22.6 Å². The highest BCUT2D eigenvalue weighted by Gasteiger charge is 2.35. The number of hydrogen-bond donors (Lipinski definition) is 1. The molecule has 84 valence electrons. The van der Waals surface area contributed by atoms with E-state index in [0.717, 1.165) is 12.1 Å². The molecular weight excluding hydrogens is 348 g/mol. The smallest absolute Gasteiger partial charge is 0.229 e. The second-order valence-corrected chi connectivity index (χ2v) is 5.19. The number of halogens is 4. The average Bonchev–Trinajstić information content (AvgIpc) is 2.00. The summed E-state index contributed by atoms with van der Waals surface area (Å²) in [5.41, 5.74) is -1.25. The first-order chi connectivity index (χ1) is 6.62. The highest BCUT2D eigenvalue weighted by molar-refractivity contribution is 14.1. The number of pyridine rings is 1. The van der Waals surface area contributed by atoms with Gasteiger partial charge >= 0.3 is 6.18 Å². The standard InChI is InChI=1S/C6H4F3IN2O2S/c7-6(8,9)5-3(10)1-2-4(12-5)15(11,13)14/h1-2H,(H2,11,13,14). The maximum atomic E-state index is 12.3. The van der Waals surface area contributed by atoms with Gasteiger partial charge in [0.25, 0.3) is 10.0 Å². The molecule has 0 aliphatic heterocycles. The Morgan fingerprint density at radius 3 is 2.27 bits per heavy atom. The van der Waals surface area contributed by atoms with E-state index in [2.05, 4.69) is 10.1 Å². The van der Waals surface area contributed by atoms with Gasteiger partial charge in [0.05, 0.1) is 0 Å². The Hall–Kier alpha value is -0.420. The topological polar surface area (TPSA) is 73.1 Å². The van der Waals surface area contributed by atoms with Crippen LogP contribution in [-0.4, -0.2) is 13.4 Å². The Kier molecular flexibility index (Phi) is 3.26. The lowest BCUT2D eigenvalue weighted by Gasteiger charge is -2.08. The molecule has 1 aromatic rings. The molecule has 0 aliphatic rings. The first-order valence-corrected chi connectivity index (χ1v) is 6.01. The van der Waals surface area contributed by atoms with E-state index in [1.54, 1.807) is 0 Å². The van der Waals surface area contributed by atoms with Crippen LogP contribution in [0, 0.1) is 3.57 Å². The molecule has 0 radical (unpaired) electrons. The van der Waals surface area contributed by atoms with Crippen molar-refractivity contribution in [2.45, 2.75) is 11.2 Å². The van der Waals surface area contributed by atoms with Crippen LogP contribution in [-0.2, 0) is 16.2 Å². The van der Waals surface area contributed by atoms with Gasteiger partial charge < -0.3 is 0 Å². The van der Waals surface area contributed by atoms with Gasteiger partial charge in [-0.05, 0) is 34.7 Å². The van der Waals surface area contributed by atoms with Crippen LogP contribution in [0.15, 0.2) is 17.2 Å². The predicted octanol–water partition coefficient (Wildman–Crippen LogP) is 1.35. The normalized spacial score (nSPS) is 12.9. The van der Waals surface area contributed by atoms with E-state index in [9.17, 15) is 21.6 Å². The van der Waals surface area contributed by atoms with Gasteiger partial charge in [0.1, 0.15) is 0 Å². The highest BCUT2D eigenvalue weighted by atomic mass is 127. The SMILES string of the molecule is NS(=O)(=O)c1ccc(I)c(C(F)(F)F)n1. The minimum absolute atomic E-state index is 0.187. The largest absolute Gasteiger partial charge is 0.434 e. The van der Waals surface area contributed by atoms with Gasteiger partial charge in [0.15, 0.2) is 10.7 Å². The van der Waals surface area contributed by atoms with Crippen LogP contribution in [0.4, 0.5) is 13.2 Å². The number of hydrogen-bond acceptors (Lipinski definition) is 3. The second kappa shape index (κ2) is 3.87. The van der Waals surface area contributed by atoms with Crippen LogP contribution in [0.2, 0.25) is 0 Å². The molecule has 0 saturated carbocycles. The number of primary sulfonamides is 1. The Morgan fingerprint density at radius 1 is 1.33 bits per heavy atom. The summed E-state index contributed by atoms with van der Waals surface area (Å²) in [6.45, 7) is 0. The Bertz CT molecular complexity index is 486. The van der Waals surface area contributed by atoms with E-state index in [-0.39, 0.29) is 3.57 Å². The molecule has 1 heterocycles. The van der Waals surface area contributed by atoms with Gasteiger partial charge in [-0.2, -0.15) is 13.2 Å². The molecular formula is C6H4F3IN2O2S. The first-order valence-electron chi connectivity index (χ1n) is 3.39. The van der Waals surface area contributed by atoms with Gasteiger partial charge in [-0.1, -0.05) is 0 Å². The van der Waals surface area contributed by atoms with Crippen LogP contribution in [0.25, 0.3) is 0 Å². The molecule has 0 bridgehead atoms. The van der Waals surface area contributed by atoms with Crippen LogP contribution in [0.5, 0.6) is 0 Å². The fourth-order valence-electron chi connectivity index (χ4n) is 0.782. The fourth-order valence-corrected chi connectivity index (χ4v) is 1.86. The summed E-state index contributed by atoms with van der Waals surface area (Å²) in [7, 11) is -4.22. The fraction of sp³-hybridized carbons (Fsp3) is 0.167. The van der Waals surface area contributed by atoms with Crippen molar-refractivity contribution in [2.24, 2.45) is 5.14 Å². The van der Waals surface area contributed by atoms with Crippen molar-refractivity contribution in [3.63, 3.8) is 0 Å². The van der Waals surface area contributed by atoms with E-state index in [1.165, 1.54) is 22.6 Å². The maximum Gasteiger partial charge on any atom is 0.434 e. The number of rotatable bonds is 1. The molecule has 15 heavy (non-hydrogen) atoms. The van der Waals surface area contributed by atoms with Crippen LogP contribution in [0.1, 0.15) is 5.69 Å².